The Morgan fingerprint density at radius 1 is 1.12 bits per heavy atom. The maximum absolute atomic E-state index is 11.8. The number of rotatable bonds is 10. The molecule has 0 aromatic heterocycles. The molecule has 8 heteroatoms. The molecule has 148 valence electrons. The zero-order valence-electron chi connectivity index (χ0n) is 16.5. The van der Waals surface area contributed by atoms with Gasteiger partial charge in [-0.3, -0.25) is 9.59 Å². The van der Waals surface area contributed by atoms with Crippen LogP contribution in [0.25, 0.3) is 0 Å². The average molecular weight is 387 g/mol. The summed E-state index contributed by atoms with van der Waals surface area (Å²) >= 11 is 0. The Hall–Kier alpha value is -1.93. The molecule has 0 fully saturated rings. The van der Waals surface area contributed by atoms with Crippen molar-refractivity contribution in [3.05, 3.63) is 24.8 Å². The van der Waals surface area contributed by atoms with Crippen LogP contribution < -0.4 is 0 Å². The largest absolute Gasteiger partial charge is 0.466 e. The molecule has 0 N–H and O–H groups in total. The number of hydrogen-bond acceptors (Lipinski definition) is 7. The van der Waals surface area contributed by atoms with Crippen LogP contribution in [0, 0.1) is 0 Å². The maximum Gasteiger partial charge on any atom is 0.330 e. The first kappa shape index (κ1) is 24.1. The van der Waals surface area contributed by atoms with Crippen LogP contribution in [0.1, 0.15) is 27.2 Å². The highest BCUT2D eigenvalue weighted by Gasteiger charge is 2.39. The molecule has 0 aliphatic carbocycles. The van der Waals surface area contributed by atoms with Gasteiger partial charge in [-0.1, -0.05) is 33.4 Å². The lowest BCUT2D eigenvalue weighted by molar-refractivity contribution is -0.155. The molecule has 26 heavy (non-hydrogen) atoms. The Morgan fingerprint density at radius 3 is 2.19 bits per heavy atom. The highest BCUT2D eigenvalue weighted by atomic mass is 28.4. The van der Waals surface area contributed by atoms with Crippen LogP contribution in [0.15, 0.2) is 24.8 Å². The van der Waals surface area contributed by atoms with Crippen molar-refractivity contribution >= 4 is 26.2 Å². The second-order valence-electron chi connectivity index (χ2n) is 7.13. The summed E-state index contributed by atoms with van der Waals surface area (Å²) < 4.78 is 20.6. The number of carbonyl (C=O) groups is 3. The third kappa shape index (κ3) is 9.52. The van der Waals surface area contributed by atoms with Gasteiger partial charge in [-0.2, -0.15) is 0 Å². The van der Waals surface area contributed by atoms with Crippen LogP contribution in [0.4, 0.5) is 0 Å². The molecule has 0 aromatic carbocycles. The van der Waals surface area contributed by atoms with Crippen molar-refractivity contribution < 1.29 is 33.0 Å². The third-order valence-corrected chi connectivity index (χ3v) is 8.46. The summed E-state index contributed by atoms with van der Waals surface area (Å²) in [6, 6.07) is 0. The average Bonchev–Trinajstić information content (AvgIpc) is 2.53. The van der Waals surface area contributed by atoms with Crippen molar-refractivity contribution in [3.8, 4) is 0 Å². The van der Waals surface area contributed by atoms with E-state index in [1.54, 1.807) is 0 Å². The summed E-state index contributed by atoms with van der Waals surface area (Å²) in [5.74, 6) is -1.95. The highest BCUT2D eigenvalue weighted by Crippen LogP contribution is 2.37. The number of methoxy groups -OCH3 is 1. The lowest BCUT2D eigenvalue weighted by Crippen LogP contribution is -2.44. The van der Waals surface area contributed by atoms with E-state index in [4.69, 9.17) is 13.9 Å². The predicted molar refractivity (Wildman–Crippen MR) is 100.0 cm³/mol. The molecule has 0 rings (SSSR count). The normalized spacial score (nSPS) is 13.2. The summed E-state index contributed by atoms with van der Waals surface area (Å²) in [7, 11) is -0.900. The minimum Gasteiger partial charge on any atom is -0.466 e. The number of esters is 3. The number of ether oxygens (including phenoxy) is 3. The van der Waals surface area contributed by atoms with Gasteiger partial charge in [0.1, 0.15) is 19.6 Å². The van der Waals surface area contributed by atoms with Crippen LogP contribution >= 0.6 is 0 Å². The van der Waals surface area contributed by atoms with Gasteiger partial charge in [-0.05, 0) is 24.2 Å². The molecule has 0 heterocycles. The molecular weight excluding hydrogens is 356 g/mol. The summed E-state index contributed by atoms with van der Waals surface area (Å²) in [5.41, 5.74) is 0. The minimum absolute atomic E-state index is 0.0328. The van der Waals surface area contributed by atoms with Gasteiger partial charge in [0.25, 0.3) is 0 Å². The van der Waals surface area contributed by atoms with Gasteiger partial charge >= 0.3 is 17.9 Å². The minimum atomic E-state index is -2.17. The SMILES string of the molecule is C=CCOC(=O)CC(=O)OCC(/C=C\C(=O)OC)O[Si](C)(C)C(C)(C)C. The summed E-state index contributed by atoms with van der Waals surface area (Å²) in [6.45, 7) is 13.6. The molecule has 0 radical (unpaired) electrons. The standard InChI is InChI=1S/C18H30O7Si/c1-8-11-23-16(20)12-17(21)24-13-14(9-10-15(19)22-5)25-26(6,7)18(2,3)4/h8-10,14H,1,11-13H2,2-7H3/b10-9-. The zero-order chi connectivity index (χ0) is 20.4. The highest BCUT2D eigenvalue weighted by molar-refractivity contribution is 6.74. The molecule has 0 spiro atoms. The van der Waals surface area contributed by atoms with E-state index < -0.39 is 38.8 Å². The van der Waals surface area contributed by atoms with E-state index in [1.165, 1.54) is 25.3 Å². The van der Waals surface area contributed by atoms with Crippen LogP contribution in [0.3, 0.4) is 0 Å². The first-order valence-electron chi connectivity index (χ1n) is 8.29. The Labute approximate surface area is 156 Å². The molecule has 7 nitrogen and oxygen atoms in total. The van der Waals surface area contributed by atoms with Gasteiger partial charge in [0.2, 0.25) is 0 Å². The van der Waals surface area contributed by atoms with E-state index in [0.717, 1.165) is 0 Å². The number of hydrogen-bond donors (Lipinski definition) is 0. The van der Waals surface area contributed by atoms with E-state index in [2.05, 4.69) is 32.1 Å². The lowest BCUT2D eigenvalue weighted by atomic mass is 10.2. The Bertz CT molecular complexity index is 532. The smallest absolute Gasteiger partial charge is 0.330 e. The predicted octanol–water partition coefficient (Wildman–Crippen LogP) is 2.77. The molecular formula is C18H30O7Si. The van der Waals surface area contributed by atoms with Crippen LogP contribution in [-0.2, 0) is 33.0 Å². The molecule has 0 amide bonds. The molecule has 1 unspecified atom stereocenters. The van der Waals surface area contributed by atoms with Crippen LogP contribution in [0.2, 0.25) is 18.1 Å². The van der Waals surface area contributed by atoms with E-state index in [9.17, 15) is 14.4 Å². The van der Waals surface area contributed by atoms with E-state index in [-0.39, 0.29) is 18.3 Å². The van der Waals surface area contributed by atoms with Crippen LogP contribution in [-0.4, -0.2) is 52.7 Å². The quantitative estimate of drug-likeness (QED) is 0.142. The third-order valence-electron chi connectivity index (χ3n) is 3.96. The molecule has 0 bridgehead atoms. The topological polar surface area (TPSA) is 88.1 Å². The van der Waals surface area contributed by atoms with Crippen molar-refractivity contribution in [2.24, 2.45) is 0 Å². The fourth-order valence-electron chi connectivity index (χ4n) is 1.48. The van der Waals surface area contributed by atoms with Gasteiger partial charge in [0, 0.05) is 6.08 Å². The van der Waals surface area contributed by atoms with Crippen molar-refractivity contribution in [1.29, 1.82) is 0 Å². The van der Waals surface area contributed by atoms with Gasteiger partial charge in [-0.25, -0.2) is 4.79 Å². The van der Waals surface area contributed by atoms with E-state index >= 15 is 0 Å². The Kier molecular flexibility index (Phi) is 10.1. The van der Waals surface area contributed by atoms with Crippen molar-refractivity contribution in [3.63, 3.8) is 0 Å². The first-order valence-corrected chi connectivity index (χ1v) is 11.2. The van der Waals surface area contributed by atoms with Crippen molar-refractivity contribution in [1.82, 2.24) is 0 Å². The Balaban J connectivity index is 4.89. The molecule has 1 atom stereocenters. The molecule has 0 aliphatic rings. The fraction of sp³-hybridized carbons (Fsp3) is 0.611. The fourth-order valence-corrected chi connectivity index (χ4v) is 2.74. The van der Waals surface area contributed by atoms with Crippen molar-refractivity contribution in [2.75, 3.05) is 20.3 Å². The van der Waals surface area contributed by atoms with E-state index in [1.807, 2.05) is 13.1 Å². The molecule has 0 aliphatic heterocycles. The second-order valence-corrected chi connectivity index (χ2v) is 11.9. The van der Waals surface area contributed by atoms with Gasteiger partial charge < -0.3 is 18.6 Å². The monoisotopic (exact) mass is 386 g/mol. The first-order chi connectivity index (χ1) is 11.9. The summed E-state index contributed by atoms with van der Waals surface area (Å²) in [4.78, 5) is 34.5. The maximum atomic E-state index is 11.8. The molecule has 0 saturated carbocycles. The lowest BCUT2D eigenvalue weighted by Gasteiger charge is -2.38. The van der Waals surface area contributed by atoms with Gasteiger partial charge in [-0.15, -0.1) is 0 Å². The van der Waals surface area contributed by atoms with E-state index in [0.29, 0.717) is 0 Å². The molecule has 0 saturated heterocycles. The molecule has 0 aromatic rings. The zero-order valence-corrected chi connectivity index (χ0v) is 17.5. The van der Waals surface area contributed by atoms with Gasteiger partial charge in [0.05, 0.1) is 13.2 Å². The van der Waals surface area contributed by atoms with Crippen molar-refractivity contribution in [2.45, 2.75) is 51.4 Å². The second kappa shape index (κ2) is 10.9. The Morgan fingerprint density at radius 2 is 1.69 bits per heavy atom. The van der Waals surface area contributed by atoms with Crippen LogP contribution in [0.5, 0.6) is 0 Å². The summed E-state index contributed by atoms with van der Waals surface area (Å²) in [6.07, 6.45) is 3.01. The summed E-state index contributed by atoms with van der Waals surface area (Å²) in [5, 5.41) is -0.0666. The van der Waals surface area contributed by atoms with Gasteiger partial charge in [0.15, 0.2) is 8.32 Å². The number of carbonyl (C=O) groups excluding carboxylic acids is 3.